The molecule has 2 fully saturated rings. The Morgan fingerprint density at radius 3 is 2.17 bits per heavy atom. The number of rotatable bonds is 0. The zero-order valence-electron chi connectivity index (χ0n) is 7.63. The van der Waals surface area contributed by atoms with Crippen molar-refractivity contribution < 1.29 is 4.79 Å². The lowest BCUT2D eigenvalue weighted by atomic mass is 9.75. The van der Waals surface area contributed by atoms with E-state index < -0.39 is 0 Å². The Balaban J connectivity index is 0.000000336. The lowest BCUT2D eigenvalue weighted by molar-refractivity contribution is -0.00331. The maximum Gasteiger partial charge on any atom is 0.278 e. The van der Waals surface area contributed by atoms with E-state index in [1.807, 2.05) is 13.8 Å². The number of thiol groups is 1. The van der Waals surface area contributed by atoms with Crippen molar-refractivity contribution in [3.05, 3.63) is 0 Å². The third-order valence-electron chi connectivity index (χ3n) is 2.32. The van der Waals surface area contributed by atoms with Gasteiger partial charge in [0, 0.05) is 31.6 Å². The van der Waals surface area contributed by atoms with Gasteiger partial charge in [0.1, 0.15) is 0 Å². The maximum atomic E-state index is 10.6. The molecular weight excluding hydrogens is 172 g/mol. The molecule has 2 aliphatic heterocycles. The molecular formula is C8H16N2OS. The van der Waals surface area contributed by atoms with Crippen molar-refractivity contribution in [2.45, 2.75) is 13.8 Å². The molecule has 2 heterocycles. The van der Waals surface area contributed by atoms with Crippen molar-refractivity contribution in [2.75, 3.05) is 26.2 Å². The molecule has 4 heteroatoms. The third kappa shape index (κ3) is 1.59. The average Bonchev–Trinajstić information content (AvgIpc) is 1.85. The smallest absolute Gasteiger partial charge is 0.278 e. The molecule has 1 N–H and O–H groups in total. The predicted molar refractivity (Wildman–Crippen MR) is 52.6 cm³/mol. The normalized spacial score (nSPS) is 23.4. The maximum absolute atomic E-state index is 10.6. The fourth-order valence-electron chi connectivity index (χ4n) is 1.60. The third-order valence-corrected chi connectivity index (χ3v) is 2.61. The summed E-state index contributed by atoms with van der Waals surface area (Å²) < 4.78 is 0. The molecule has 2 rings (SSSR count). The van der Waals surface area contributed by atoms with Gasteiger partial charge in [-0.25, -0.2) is 0 Å². The van der Waals surface area contributed by atoms with Gasteiger partial charge in [0.05, 0.1) is 0 Å². The van der Waals surface area contributed by atoms with Gasteiger partial charge in [-0.2, -0.15) is 0 Å². The molecule has 0 radical (unpaired) electrons. The highest BCUT2D eigenvalue weighted by Crippen LogP contribution is 2.34. The van der Waals surface area contributed by atoms with E-state index in [9.17, 15) is 4.79 Å². The van der Waals surface area contributed by atoms with Crippen LogP contribution < -0.4 is 5.32 Å². The molecule has 3 nitrogen and oxygen atoms in total. The minimum Gasteiger partial charge on any atom is -0.332 e. The Bertz CT molecular complexity index is 172. The molecule has 0 bridgehead atoms. The molecule has 0 aromatic rings. The van der Waals surface area contributed by atoms with Crippen LogP contribution in [-0.4, -0.2) is 36.3 Å². The average molecular weight is 188 g/mol. The van der Waals surface area contributed by atoms with Crippen LogP contribution in [0.3, 0.4) is 0 Å². The highest BCUT2D eigenvalue weighted by Gasteiger charge is 2.48. The summed E-state index contributed by atoms with van der Waals surface area (Å²) in [5.41, 5.74) is 0.443. The number of amides is 1. The Hall–Kier alpha value is -0.220. The Kier molecular flexibility index (Phi) is 3.01. The van der Waals surface area contributed by atoms with Gasteiger partial charge in [-0.1, -0.05) is 26.5 Å². The molecule has 0 atom stereocenters. The second-order valence-corrected chi connectivity index (χ2v) is 3.62. The number of hydrogen-bond acceptors (Lipinski definition) is 2. The van der Waals surface area contributed by atoms with Crippen molar-refractivity contribution in [3.8, 4) is 0 Å². The van der Waals surface area contributed by atoms with Crippen LogP contribution in [0.25, 0.3) is 0 Å². The van der Waals surface area contributed by atoms with Crippen molar-refractivity contribution in [3.63, 3.8) is 0 Å². The minimum absolute atomic E-state index is 0.0856. The van der Waals surface area contributed by atoms with E-state index >= 15 is 0 Å². The molecule has 0 aliphatic carbocycles. The van der Waals surface area contributed by atoms with E-state index in [0.29, 0.717) is 5.41 Å². The zero-order valence-corrected chi connectivity index (χ0v) is 8.53. The Labute approximate surface area is 78.9 Å². The molecule has 1 spiro atoms. The van der Waals surface area contributed by atoms with Gasteiger partial charge >= 0.3 is 0 Å². The van der Waals surface area contributed by atoms with E-state index in [1.54, 1.807) is 4.90 Å². The minimum atomic E-state index is -0.0856. The number of hydrogen-bond donors (Lipinski definition) is 2. The van der Waals surface area contributed by atoms with Crippen molar-refractivity contribution >= 4 is 17.9 Å². The quantitative estimate of drug-likeness (QED) is 0.555. The van der Waals surface area contributed by atoms with Crippen molar-refractivity contribution in [1.82, 2.24) is 10.2 Å². The number of nitrogens with one attached hydrogen (secondary N) is 1. The predicted octanol–water partition coefficient (Wildman–Crippen LogP) is 0.968. The zero-order chi connectivity index (χ0) is 9.19. The van der Waals surface area contributed by atoms with Crippen LogP contribution in [-0.2, 0) is 0 Å². The van der Waals surface area contributed by atoms with E-state index in [4.69, 9.17) is 0 Å². The molecule has 0 unspecified atom stereocenters. The summed E-state index contributed by atoms with van der Waals surface area (Å²) in [6, 6.07) is 0. The molecule has 2 saturated heterocycles. The summed E-state index contributed by atoms with van der Waals surface area (Å²) in [7, 11) is 0. The van der Waals surface area contributed by atoms with E-state index in [1.165, 1.54) is 0 Å². The number of nitrogens with zero attached hydrogens (tertiary/aromatic N) is 1. The summed E-state index contributed by atoms with van der Waals surface area (Å²) in [6.45, 7) is 7.96. The summed E-state index contributed by atoms with van der Waals surface area (Å²) in [6.07, 6.45) is 0. The standard InChI is InChI=1S/C6H10N2OS.C2H6/c9-5(10)8-3-6(4-8)1-7-2-6;1-2/h7H,1-4H2,(H,9,10);1-2H3. The number of likely N-dealkylation sites (tertiary alicyclic amines) is 1. The molecule has 0 aromatic carbocycles. The number of carbonyl (C=O) groups is 1. The Morgan fingerprint density at radius 2 is 1.92 bits per heavy atom. The van der Waals surface area contributed by atoms with Crippen molar-refractivity contribution in [2.24, 2.45) is 5.41 Å². The first-order valence-electron chi connectivity index (χ1n) is 4.41. The van der Waals surface area contributed by atoms with Crippen LogP contribution >= 0.6 is 12.6 Å². The van der Waals surface area contributed by atoms with Crippen LogP contribution in [0.5, 0.6) is 0 Å². The van der Waals surface area contributed by atoms with Crippen LogP contribution in [0, 0.1) is 5.41 Å². The first-order valence-corrected chi connectivity index (χ1v) is 4.85. The van der Waals surface area contributed by atoms with Gasteiger partial charge in [0.2, 0.25) is 0 Å². The summed E-state index contributed by atoms with van der Waals surface area (Å²) >= 11 is 3.73. The summed E-state index contributed by atoms with van der Waals surface area (Å²) in [4.78, 5) is 12.4. The first kappa shape index (κ1) is 9.86. The topological polar surface area (TPSA) is 32.3 Å². The molecule has 2 aliphatic rings. The van der Waals surface area contributed by atoms with E-state index in [2.05, 4.69) is 17.9 Å². The van der Waals surface area contributed by atoms with Gasteiger partial charge in [0.15, 0.2) is 0 Å². The van der Waals surface area contributed by atoms with Crippen LogP contribution in [0.2, 0.25) is 0 Å². The molecule has 0 saturated carbocycles. The SMILES string of the molecule is CC.O=C(S)N1CC2(CNC2)C1. The first-order chi connectivity index (χ1) is 5.72. The van der Waals surface area contributed by atoms with Gasteiger partial charge < -0.3 is 10.2 Å². The molecule has 12 heavy (non-hydrogen) atoms. The number of carbonyl (C=O) groups excluding carboxylic acids is 1. The van der Waals surface area contributed by atoms with E-state index in [-0.39, 0.29) is 5.24 Å². The van der Waals surface area contributed by atoms with Crippen molar-refractivity contribution in [1.29, 1.82) is 0 Å². The van der Waals surface area contributed by atoms with Gasteiger partial charge in [-0.3, -0.25) is 4.79 Å². The van der Waals surface area contributed by atoms with Crippen LogP contribution in [0.4, 0.5) is 4.79 Å². The Morgan fingerprint density at radius 1 is 1.42 bits per heavy atom. The van der Waals surface area contributed by atoms with Gasteiger partial charge in [0.25, 0.3) is 5.24 Å². The molecule has 0 aromatic heterocycles. The monoisotopic (exact) mass is 188 g/mol. The van der Waals surface area contributed by atoms with Crippen LogP contribution in [0.15, 0.2) is 0 Å². The van der Waals surface area contributed by atoms with Gasteiger partial charge in [-0.15, -0.1) is 0 Å². The van der Waals surface area contributed by atoms with E-state index in [0.717, 1.165) is 26.2 Å². The second kappa shape index (κ2) is 3.66. The fourth-order valence-corrected chi connectivity index (χ4v) is 1.74. The highest BCUT2D eigenvalue weighted by molar-refractivity contribution is 7.96. The molecule has 70 valence electrons. The van der Waals surface area contributed by atoms with Crippen LogP contribution in [0.1, 0.15) is 13.8 Å². The highest BCUT2D eigenvalue weighted by atomic mass is 32.1. The lowest BCUT2D eigenvalue weighted by Crippen LogP contribution is -2.71. The van der Waals surface area contributed by atoms with Gasteiger partial charge in [-0.05, 0) is 0 Å². The lowest BCUT2D eigenvalue weighted by Gasteiger charge is -2.55. The summed E-state index contributed by atoms with van der Waals surface area (Å²) in [5.74, 6) is 0. The second-order valence-electron chi connectivity index (χ2n) is 3.24. The largest absolute Gasteiger partial charge is 0.332 e. The molecule has 1 amide bonds. The summed E-state index contributed by atoms with van der Waals surface area (Å²) in [5, 5.41) is 3.11. The fraction of sp³-hybridized carbons (Fsp3) is 0.875.